The van der Waals surface area contributed by atoms with E-state index in [-0.39, 0.29) is 22.5 Å². The maximum atomic E-state index is 12.2. The highest BCUT2D eigenvalue weighted by Gasteiger charge is 2.19. The Balaban J connectivity index is 2.09. The van der Waals surface area contributed by atoms with Gasteiger partial charge in [0.1, 0.15) is 16.5 Å². The van der Waals surface area contributed by atoms with Crippen molar-refractivity contribution in [1.82, 2.24) is 15.2 Å². The summed E-state index contributed by atoms with van der Waals surface area (Å²) in [6, 6.07) is 1.31. The topological polar surface area (TPSA) is 79.9 Å². The molecule has 0 bridgehead atoms. The Bertz CT molecular complexity index is 597. The van der Waals surface area contributed by atoms with Crippen molar-refractivity contribution in [2.45, 2.75) is 26.4 Å². The van der Waals surface area contributed by atoms with Gasteiger partial charge in [0.2, 0.25) is 5.95 Å². The van der Waals surface area contributed by atoms with E-state index >= 15 is 0 Å². The summed E-state index contributed by atoms with van der Waals surface area (Å²) in [6.07, 6.45) is 0. The number of aromatic nitrogens is 3. The first-order chi connectivity index (χ1) is 9.47. The van der Waals surface area contributed by atoms with E-state index < -0.39 is 12.5 Å². The molecule has 0 unspecified atom stereocenters. The van der Waals surface area contributed by atoms with E-state index in [1.165, 1.54) is 11.4 Å². The number of carbonyl (C=O) groups excluding carboxylic acids is 1. The minimum atomic E-state index is -2.98. The lowest BCUT2D eigenvalue weighted by Gasteiger charge is -2.04. The average molecular weight is 302 g/mol. The number of nitrogens with zero attached hydrogens (tertiary/aromatic N) is 2. The van der Waals surface area contributed by atoms with E-state index in [9.17, 15) is 13.6 Å². The predicted molar refractivity (Wildman–Crippen MR) is 69.4 cm³/mol. The summed E-state index contributed by atoms with van der Waals surface area (Å²) in [4.78, 5) is 16.0. The van der Waals surface area contributed by atoms with E-state index in [1.807, 2.05) is 13.8 Å². The zero-order chi connectivity index (χ0) is 14.7. The molecule has 0 fully saturated rings. The fourth-order valence-corrected chi connectivity index (χ4v) is 2.12. The third-order valence-corrected chi connectivity index (χ3v) is 3.22. The number of hydrogen-bond acceptors (Lipinski definition) is 5. The van der Waals surface area contributed by atoms with Crippen LogP contribution in [0.15, 0.2) is 11.4 Å². The zero-order valence-corrected chi connectivity index (χ0v) is 11.5. The molecular formula is C11H12F2N4O2S. The molecule has 2 N–H and O–H groups in total. The Morgan fingerprint density at radius 2 is 2.25 bits per heavy atom. The van der Waals surface area contributed by atoms with Crippen LogP contribution in [0.3, 0.4) is 0 Å². The van der Waals surface area contributed by atoms with Crippen LogP contribution in [-0.2, 0) is 0 Å². The second kappa shape index (κ2) is 5.95. The molecule has 1 amide bonds. The van der Waals surface area contributed by atoms with Gasteiger partial charge in [-0.15, -0.1) is 16.4 Å². The first kappa shape index (κ1) is 14.4. The SMILES string of the molecule is CC(C)c1nc(NC(=O)c2sccc2OC(F)F)n[nH]1. The summed E-state index contributed by atoms with van der Waals surface area (Å²) < 4.78 is 28.6. The van der Waals surface area contributed by atoms with E-state index in [0.29, 0.717) is 5.82 Å². The summed E-state index contributed by atoms with van der Waals surface area (Å²) >= 11 is 0.996. The Hall–Kier alpha value is -2.03. The number of halogens is 2. The van der Waals surface area contributed by atoms with Gasteiger partial charge < -0.3 is 4.74 Å². The molecule has 0 saturated carbocycles. The highest BCUT2D eigenvalue weighted by molar-refractivity contribution is 7.12. The predicted octanol–water partition coefficient (Wildman–Crippen LogP) is 2.84. The lowest BCUT2D eigenvalue weighted by molar-refractivity contribution is -0.0498. The Labute approximate surface area is 117 Å². The maximum absolute atomic E-state index is 12.2. The summed E-state index contributed by atoms with van der Waals surface area (Å²) in [5.41, 5.74) is 0. The summed E-state index contributed by atoms with van der Waals surface area (Å²) in [7, 11) is 0. The quantitative estimate of drug-likeness (QED) is 0.890. The zero-order valence-electron chi connectivity index (χ0n) is 10.7. The molecule has 2 heterocycles. The number of anilines is 1. The van der Waals surface area contributed by atoms with Crippen LogP contribution in [0.2, 0.25) is 0 Å². The highest BCUT2D eigenvalue weighted by Crippen LogP contribution is 2.27. The second-order valence-corrected chi connectivity index (χ2v) is 5.06. The summed E-state index contributed by atoms with van der Waals surface area (Å²) in [5, 5.41) is 10.4. The van der Waals surface area contributed by atoms with Crippen molar-refractivity contribution in [2.24, 2.45) is 0 Å². The van der Waals surface area contributed by atoms with Gasteiger partial charge in [0, 0.05) is 5.92 Å². The van der Waals surface area contributed by atoms with Gasteiger partial charge in [0.15, 0.2) is 0 Å². The Morgan fingerprint density at radius 3 is 2.85 bits per heavy atom. The Morgan fingerprint density at radius 1 is 1.50 bits per heavy atom. The number of carbonyl (C=O) groups is 1. The van der Waals surface area contributed by atoms with Crippen molar-refractivity contribution in [2.75, 3.05) is 5.32 Å². The van der Waals surface area contributed by atoms with Gasteiger partial charge in [-0.25, -0.2) is 0 Å². The average Bonchev–Trinajstić information content (AvgIpc) is 2.97. The van der Waals surface area contributed by atoms with Crippen LogP contribution >= 0.6 is 11.3 Å². The fraction of sp³-hybridized carbons (Fsp3) is 0.364. The van der Waals surface area contributed by atoms with E-state index in [0.717, 1.165) is 11.3 Å². The van der Waals surface area contributed by atoms with E-state index in [4.69, 9.17) is 0 Å². The van der Waals surface area contributed by atoms with Crippen molar-refractivity contribution < 1.29 is 18.3 Å². The molecule has 0 saturated heterocycles. The molecule has 0 radical (unpaired) electrons. The van der Waals surface area contributed by atoms with E-state index in [1.54, 1.807) is 0 Å². The lowest BCUT2D eigenvalue weighted by Crippen LogP contribution is -2.14. The number of rotatable bonds is 5. The lowest BCUT2D eigenvalue weighted by atomic mass is 10.2. The van der Waals surface area contributed by atoms with Gasteiger partial charge in [0.05, 0.1) is 0 Å². The van der Waals surface area contributed by atoms with Crippen LogP contribution in [0.25, 0.3) is 0 Å². The van der Waals surface area contributed by atoms with Gasteiger partial charge in [-0.1, -0.05) is 13.8 Å². The van der Waals surface area contributed by atoms with Crippen molar-refractivity contribution in [3.05, 3.63) is 22.1 Å². The summed E-state index contributed by atoms with van der Waals surface area (Å²) in [5.74, 6) is 0.0883. The monoisotopic (exact) mass is 302 g/mol. The molecule has 0 aliphatic rings. The number of H-pyrrole nitrogens is 1. The maximum Gasteiger partial charge on any atom is 0.387 e. The Kier molecular flexibility index (Phi) is 4.28. The molecular weight excluding hydrogens is 290 g/mol. The fourth-order valence-electron chi connectivity index (χ4n) is 1.40. The van der Waals surface area contributed by atoms with Gasteiger partial charge in [-0.2, -0.15) is 13.8 Å². The molecule has 108 valence electrons. The molecule has 20 heavy (non-hydrogen) atoms. The van der Waals surface area contributed by atoms with Crippen LogP contribution in [0.4, 0.5) is 14.7 Å². The second-order valence-electron chi connectivity index (χ2n) is 4.15. The molecule has 0 spiro atoms. The minimum absolute atomic E-state index is 0.0428. The number of amides is 1. The molecule has 6 nitrogen and oxygen atoms in total. The van der Waals surface area contributed by atoms with Gasteiger partial charge in [-0.3, -0.25) is 15.2 Å². The van der Waals surface area contributed by atoms with Crippen LogP contribution in [-0.4, -0.2) is 27.7 Å². The molecule has 0 aliphatic carbocycles. The number of hydrogen-bond donors (Lipinski definition) is 2. The standard InChI is InChI=1S/C11H12F2N4O2S/c1-5(2)8-14-11(17-16-8)15-9(18)7-6(3-4-20-7)19-10(12)13/h3-5,10H,1-2H3,(H2,14,15,16,17,18). The van der Waals surface area contributed by atoms with Gasteiger partial charge >= 0.3 is 6.61 Å². The van der Waals surface area contributed by atoms with Crippen LogP contribution in [0.5, 0.6) is 5.75 Å². The molecule has 2 rings (SSSR count). The number of nitrogens with one attached hydrogen (secondary N) is 2. The number of alkyl halides is 2. The molecule has 2 aromatic heterocycles. The highest BCUT2D eigenvalue weighted by atomic mass is 32.1. The molecule has 0 atom stereocenters. The van der Waals surface area contributed by atoms with E-state index in [2.05, 4.69) is 25.2 Å². The number of aromatic amines is 1. The third-order valence-electron chi connectivity index (χ3n) is 2.33. The molecule has 0 aliphatic heterocycles. The van der Waals surface area contributed by atoms with Gasteiger partial charge in [-0.05, 0) is 11.4 Å². The third kappa shape index (κ3) is 3.29. The number of ether oxygens (including phenoxy) is 1. The van der Waals surface area contributed by atoms with Crippen molar-refractivity contribution >= 4 is 23.2 Å². The van der Waals surface area contributed by atoms with Crippen LogP contribution in [0.1, 0.15) is 35.3 Å². The first-order valence-electron chi connectivity index (χ1n) is 5.73. The minimum Gasteiger partial charge on any atom is -0.433 e. The normalized spacial score (nSPS) is 11.1. The van der Waals surface area contributed by atoms with Crippen molar-refractivity contribution in [1.29, 1.82) is 0 Å². The smallest absolute Gasteiger partial charge is 0.387 e. The first-order valence-corrected chi connectivity index (χ1v) is 6.61. The molecule has 0 aromatic carbocycles. The molecule has 2 aromatic rings. The summed E-state index contributed by atoms with van der Waals surface area (Å²) in [6.45, 7) is 0.854. The molecule has 9 heteroatoms. The van der Waals surface area contributed by atoms with Crippen molar-refractivity contribution in [3.8, 4) is 5.75 Å². The van der Waals surface area contributed by atoms with Crippen LogP contribution in [0, 0.1) is 0 Å². The van der Waals surface area contributed by atoms with Crippen LogP contribution < -0.4 is 10.1 Å². The number of thiophene rings is 1. The largest absolute Gasteiger partial charge is 0.433 e. The van der Waals surface area contributed by atoms with Gasteiger partial charge in [0.25, 0.3) is 5.91 Å². The van der Waals surface area contributed by atoms with Crippen molar-refractivity contribution in [3.63, 3.8) is 0 Å².